The van der Waals surface area contributed by atoms with Crippen molar-refractivity contribution in [3.63, 3.8) is 0 Å². The van der Waals surface area contributed by atoms with Gasteiger partial charge in [-0.1, -0.05) is 135 Å². The van der Waals surface area contributed by atoms with E-state index in [4.69, 9.17) is 52.8 Å². The summed E-state index contributed by atoms with van der Waals surface area (Å²) in [7, 11) is -0.447. The molecule has 4 aromatic heterocycles. The number of benzene rings is 8. The Morgan fingerprint density at radius 3 is 1.14 bits per heavy atom. The highest BCUT2D eigenvalue weighted by molar-refractivity contribution is 7.89. The molecule has 12 aromatic rings. The molecule has 0 saturated heterocycles. The van der Waals surface area contributed by atoms with E-state index in [1.54, 1.807) is 85.0 Å². The molecule has 27 heteroatoms. The van der Waals surface area contributed by atoms with Crippen LogP contribution in [0, 0.1) is 13.8 Å². The number of amides is 1. The van der Waals surface area contributed by atoms with E-state index in [0.29, 0.717) is 87.0 Å². The smallest absolute Gasteiger partial charge is 0.253 e. The zero-order chi connectivity index (χ0) is 96.4. The van der Waals surface area contributed by atoms with E-state index < -0.39 is 41.7 Å². The van der Waals surface area contributed by atoms with Crippen molar-refractivity contribution in [3.05, 3.63) is 311 Å². The van der Waals surface area contributed by atoms with Gasteiger partial charge in [-0.05, 0) is 238 Å². The fourth-order valence-electron chi connectivity index (χ4n) is 19.0. The van der Waals surface area contributed by atoms with Crippen LogP contribution in [0.4, 0.5) is 0 Å². The van der Waals surface area contributed by atoms with Gasteiger partial charge in [0.15, 0.2) is 51.8 Å². The maximum absolute atomic E-state index is 13.4. The van der Waals surface area contributed by atoms with E-state index >= 15 is 0 Å². The van der Waals surface area contributed by atoms with Crippen LogP contribution < -0.4 is 37.9 Å². The SMILES string of the molecule is C=CCN(C)S(=O)(=O)c1ccc(-c2cccc(CC(=O)C3(c4ccc5c(c4)OCO5)CC3)n2)cc1.CCC(=O)c1ccc(-c2cnc(CC(=O)C3(c4ccc5c(c4)OCO5)CC3)cc2C)cc1.CN(C1CCCCC1)S(=O)(=O)c1ccc(-c2cccc(CC(=O)C3(c4ccc5c(c4)OCO5)CC3)n2)cc1.Cc1nc(CC(=O)C2(c3ccc4c(c3)OCO4)CC2)ccc1-c1ccc(C(=O)N(C)C)cc1. The average Bonchev–Trinajstić information content (AvgIpc) is 1.60. The van der Waals surface area contributed by atoms with E-state index in [1.165, 1.54) is 17.8 Å². The standard InChI is InChI=1S/C30H32N2O5S.C27H26N2O5S.C27H26N2O4.C27H25NO4/c1-32(24-7-3-2-4-8-24)38(34,35)25-13-10-21(11-14-25)26-9-5-6-23(31-26)19-29(33)30(16-17-30)22-12-15-27-28(18-22)37-20-36-27;1-3-15-29(2)35(31,32)22-10-7-19(8-11-22)23-6-4-5-21(28-23)17-26(30)27(13-14-27)20-9-12-24-25(16-20)34-18-33-24;1-17-22(18-4-6-19(7-5-18)26(31)29(2)3)10-9-21(28-17)15-25(30)27(12-13-27)20-8-11-23-24(14-20)33-16-32-23;1-3-23(29)19-6-4-18(5-7-19)22-15-28-21(12-17(22)2)14-26(30)27(10-11-27)20-8-9-24-25(13-20)32-16-31-24/h5-6,9-15,18,24H,2-4,7-8,16-17,19-20H2,1H3;3-12,16H,1,13-15,17-18H2,2H3;4-11,14H,12-13,15-16H2,1-3H3;4-9,12-13,15H,3,10-11,14,16H2,1-2H3. The first-order valence-corrected chi connectivity index (χ1v) is 49.8. The minimum atomic E-state index is -3.58. The van der Waals surface area contributed by atoms with Gasteiger partial charge in [0.25, 0.3) is 5.91 Å². The molecule has 0 unspecified atom stereocenters. The van der Waals surface area contributed by atoms with Crippen molar-refractivity contribution < 1.29 is 83.5 Å². The summed E-state index contributed by atoms with van der Waals surface area (Å²) < 4.78 is 98.0. The topological polar surface area (TPSA) is 306 Å². The number of fused-ring (bicyclic) bond motifs is 4. The van der Waals surface area contributed by atoms with E-state index in [0.717, 1.165) is 172 Å². The maximum Gasteiger partial charge on any atom is 0.253 e. The molecule has 0 spiro atoms. The number of hydrogen-bond acceptors (Lipinski definition) is 22. The molecule has 0 bridgehead atoms. The summed E-state index contributed by atoms with van der Waals surface area (Å²) in [6.07, 6.45) is 16.7. The molecule has 0 radical (unpaired) electrons. The highest BCUT2D eigenvalue weighted by atomic mass is 32.2. The summed E-state index contributed by atoms with van der Waals surface area (Å²) in [6.45, 7) is 10.5. The van der Waals surface area contributed by atoms with Gasteiger partial charge in [0.05, 0.1) is 42.8 Å². The summed E-state index contributed by atoms with van der Waals surface area (Å²) in [5, 5.41) is 0. The number of sulfonamides is 2. The Hall–Kier alpha value is -13.9. The fraction of sp³-hybridized carbons (Fsp3) is 0.315. The number of hydrogen-bond donors (Lipinski definition) is 0. The fourth-order valence-corrected chi connectivity index (χ4v) is 21.5. The Morgan fingerprint density at radius 1 is 0.399 bits per heavy atom. The first-order chi connectivity index (χ1) is 66.6. The Morgan fingerprint density at radius 2 is 0.768 bits per heavy atom. The van der Waals surface area contributed by atoms with Gasteiger partial charge in [0, 0.05) is 141 Å². The highest BCUT2D eigenvalue weighted by Crippen LogP contribution is 2.56. The molecule has 25 nitrogen and oxygen atoms in total. The van der Waals surface area contributed by atoms with Gasteiger partial charge in [-0.15, -0.1) is 6.58 Å². The number of rotatable bonds is 30. The number of likely N-dealkylation sites (N-methyl/N-ethyl adjacent to an activating group) is 1. The molecule has 138 heavy (non-hydrogen) atoms. The predicted molar refractivity (Wildman–Crippen MR) is 521 cm³/mol. The molecule has 4 aliphatic heterocycles. The third-order valence-corrected chi connectivity index (χ3v) is 31.7. The lowest BCUT2D eigenvalue weighted by Gasteiger charge is -2.30. The van der Waals surface area contributed by atoms with Gasteiger partial charge in [-0.2, -0.15) is 8.61 Å². The molecule has 1 amide bonds. The average molecular weight is 1890 g/mol. The summed E-state index contributed by atoms with van der Waals surface area (Å²) in [5.74, 6) is 6.45. The minimum Gasteiger partial charge on any atom is -0.454 e. The lowest BCUT2D eigenvalue weighted by molar-refractivity contribution is -0.121. The van der Waals surface area contributed by atoms with Crippen LogP contribution in [0.3, 0.4) is 0 Å². The first kappa shape index (κ1) is 94.5. The van der Waals surface area contributed by atoms with Crippen molar-refractivity contribution in [2.24, 2.45) is 0 Å². The largest absolute Gasteiger partial charge is 0.454 e. The molecule has 5 aliphatic carbocycles. The van der Waals surface area contributed by atoms with Crippen molar-refractivity contribution in [2.75, 3.05) is 61.9 Å². The minimum absolute atomic E-state index is 0.0262. The van der Waals surface area contributed by atoms with Crippen LogP contribution in [0.25, 0.3) is 44.8 Å². The third kappa shape index (κ3) is 19.8. The van der Waals surface area contributed by atoms with Gasteiger partial charge in [-0.3, -0.25) is 48.7 Å². The molecule has 8 aromatic carbocycles. The lowest BCUT2D eigenvalue weighted by atomic mass is 9.88. The number of ketones is 5. The van der Waals surface area contributed by atoms with Crippen LogP contribution in [0.2, 0.25) is 0 Å². The van der Waals surface area contributed by atoms with E-state index in [1.807, 2.05) is 203 Å². The number of pyridine rings is 4. The third-order valence-electron chi connectivity index (χ3n) is 28.0. The highest BCUT2D eigenvalue weighted by Gasteiger charge is 2.54. The summed E-state index contributed by atoms with van der Waals surface area (Å²) >= 11 is 0. The van der Waals surface area contributed by atoms with E-state index in [2.05, 4.69) is 11.6 Å². The quantitative estimate of drug-likeness (QED) is 0.0298. The van der Waals surface area contributed by atoms with Crippen LogP contribution in [-0.2, 0) is 86.6 Å². The van der Waals surface area contributed by atoms with Crippen molar-refractivity contribution in [1.29, 1.82) is 0 Å². The zero-order valence-electron chi connectivity index (χ0n) is 78.4. The lowest BCUT2D eigenvalue weighted by Crippen LogP contribution is -2.38. The maximum atomic E-state index is 13.4. The number of Topliss-reactive ketones (excluding diaryl/α,β-unsaturated/α-hetero) is 5. The molecule has 5 saturated carbocycles. The van der Waals surface area contributed by atoms with Crippen molar-refractivity contribution in [2.45, 2.75) is 174 Å². The van der Waals surface area contributed by atoms with Crippen molar-refractivity contribution >= 4 is 54.9 Å². The van der Waals surface area contributed by atoms with Crippen LogP contribution >= 0.6 is 0 Å². The first-order valence-electron chi connectivity index (χ1n) is 46.9. The van der Waals surface area contributed by atoms with E-state index in [9.17, 15) is 45.6 Å². The Bertz CT molecular complexity index is 6970. The molecule has 5 fully saturated rings. The Balaban J connectivity index is 0.000000122. The number of ether oxygens (including phenoxy) is 8. The van der Waals surface area contributed by atoms with Crippen molar-refractivity contribution in [3.8, 4) is 90.8 Å². The Kier molecular flexibility index (Phi) is 26.9. The summed E-state index contributed by atoms with van der Waals surface area (Å²) in [5.41, 5.74) is 15.3. The van der Waals surface area contributed by atoms with Crippen LogP contribution in [0.1, 0.15) is 174 Å². The van der Waals surface area contributed by atoms with Crippen molar-refractivity contribution in [1.82, 2.24) is 33.4 Å². The van der Waals surface area contributed by atoms with Gasteiger partial charge in [0.2, 0.25) is 47.2 Å². The molecule has 8 heterocycles. The molecular formula is C111H109N7O18S2. The Labute approximate surface area is 804 Å². The summed E-state index contributed by atoms with van der Waals surface area (Å²) in [4.78, 5) is 98.1. The van der Waals surface area contributed by atoms with Crippen LogP contribution in [-0.4, -0.2) is 153 Å². The van der Waals surface area contributed by atoms with E-state index in [-0.39, 0.29) is 92.3 Å². The molecular weight excluding hydrogens is 1780 g/mol. The molecule has 0 atom stereocenters. The normalized spacial score (nSPS) is 16.3. The van der Waals surface area contributed by atoms with Crippen LogP contribution in [0.5, 0.6) is 46.0 Å². The monoisotopic (exact) mass is 1890 g/mol. The number of carbonyl (C=O) groups is 6. The number of aryl methyl sites for hydroxylation is 2. The second-order valence-electron chi connectivity index (χ2n) is 37.0. The zero-order valence-corrected chi connectivity index (χ0v) is 80.0. The number of carbonyl (C=O) groups excluding carboxylic acids is 6. The summed E-state index contributed by atoms with van der Waals surface area (Å²) in [6, 6.07) is 69.0. The van der Waals surface area contributed by atoms with Gasteiger partial charge < -0.3 is 42.8 Å². The predicted octanol–water partition coefficient (Wildman–Crippen LogP) is 19.0. The number of nitrogens with zero attached hydrogens (tertiary/aromatic N) is 7. The van der Waals surface area contributed by atoms with Gasteiger partial charge in [-0.25, -0.2) is 16.8 Å². The van der Waals surface area contributed by atoms with Gasteiger partial charge in [0.1, 0.15) is 23.1 Å². The molecule has 9 aliphatic rings. The second-order valence-corrected chi connectivity index (χ2v) is 41.1. The molecule has 0 N–H and O–H groups in total. The van der Waals surface area contributed by atoms with Gasteiger partial charge >= 0.3 is 0 Å². The second kappa shape index (κ2) is 39.3. The number of aromatic nitrogens is 4. The molecule has 708 valence electrons. The molecule has 21 rings (SSSR count). The van der Waals surface area contributed by atoms with Crippen LogP contribution in [0.15, 0.2) is 253 Å².